The molecule has 0 bridgehead atoms. The quantitative estimate of drug-likeness (QED) is 0.438. The third-order valence-electron chi connectivity index (χ3n) is 5.57. The summed E-state index contributed by atoms with van der Waals surface area (Å²) in [5, 5.41) is 19.5. The lowest BCUT2D eigenvalue weighted by Crippen LogP contribution is -2.21. The summed E-state index contributed by atoms with van der Waals surface area (Å²) in [7, 11) is 0. The van der Waals surface area contributed by atoms with E-state index in [1.165, 1.54) is 0 Å². The lowest BCUT2D eigenvalue weighted by atomic mass is 9.83. The number of primary amides is 1. The molecule has 162 valence electrons. The second kappa shape index (κ2) is 8.05. The standard InChI is InChI=1S/C25H19N5O3/c26-12-19-21(15-7-9-18(10-8-15)32-13-20(27)31)22-23(29-30-25(22)33-24(19)28)17-6-5-14-3-1-2-4-16(14)11-17/h1-11,21H,13,28H2,(H2,27,31)(H,29,30)/t21-/m1/s1. The summed E-state index contributed by atoms with van der Waals surface area (Å²) < 4.78 is 11.0. The predicted molar refractivity (Wildman–Crippen MR) is 122 cm³/mol. The van der Waals surface area contributed by atoms with Crippen molar-refractivity contribution in [2.24, 2.45) is 11.5 Å². The number of H-pyrrole nitrogens is 1. The van der Waals surface area contributed by atoms with Crippen molar-refractivity contribution in [3.05, 3.63) is 89.3 Å². The van der Waals surface area contributed by atoms with Crippen LogP contribution in [0.4, 0.5) is 0 Å². The number of allylic oxidation sites excluding steroid dienone is 1. The van der Waals surface area contributed by atoms with Crippen molar-refractivity contribution in [1.29, 1.82) is 5.26 Å². The topological polar surface area (TPSA) is 140 Å². The number of amides is 1. The van der Waals surface area contributed by atoms with Gasteiger partial charge in [-0.3, -0.25) is 9.89 Å². The number of aromatic nitrogens is 2. The first kappa shape index (κ1) is 20.2. The van der Waals surface area contributed by atoms with Gasteiger partial charge in [-0.1, -0.05) is 48.5 Å². The molecule has 4 aromatic rings. The monoisotopic (exact) mass is 437 g/mol. The fraction of sp³-hybridized carbons (Fsp3) is 0.0800. The second-order valence-electron chi connectivity index (χ2n) is 7.63. The number of carbonyl (C=O) groups excluding carboxylic acids is 1. The highest BCUT2D eigenvalue weighted by Crippen LogP contribution is 2.46. The van der Waals surface area contributed by atoms with E-state index in [0.717, 1.165) is 33.2 Å². The van der Waals surface area contributed by atoms with Crippen molar-refractivity contribution in [3.8, 4) is 29.0 Å². The van der Waals surface area contributed by atoms with Crippen LogP contribution in [0.15, 0.2) is 78.2 Å². The van der Waals surface area contributed by atoms with Crippen LogP contribution in [-0.2, 0) is 4.79 Å². The Morgan fingerprint density at radius 3 is 2.61 bits per heavy atom. The number of nitrogens with two attached hydrogens (primary N) is 2. The average molecular weight is 437 g/mol. The fourth-order valence-corrected chi connectivity index (χ4v) is 4.05. The van der Waals surface area contributed by atoms with E-state index in [4.69, 9.17) is 20.9 Å². The highest BCUT2D eigenvalue weighted by atomic mass is 16.5. The minimum absolute atomic E-state index is 0.0145. The lowest BCUT2D eigenvalue weighted by molar-refractivity contribution is -0.119. The SMILES string of the molecule is N#CC1=C(N)Oc2n[nH]c(-c3ccc4ccccc4c3)c2[C@@H]1c1ccc(OCC(N)=O)cc1. The summed E-state index contributed by atoms with van der Waals surface area (Å²) in [6.07, 6.45) is 0. The average Bonchev–Trinajstić information content (AvgIpc) is 3.25. The molecule has 5 N–H and O–H groups in total. The highest BCUT2D eigenvalue weighted by Gasteiger charge is 2.35. The number of nitriles is 1. The molecule has 3 aromatic carbocycles. The maximum Gasteiger partial charge on any atom is 0.255 e. The van der Waals surface area contributed by atoms with Crippen LogP contribution in [0, 0.1) is 11.3 Å². The van der Waals surface area contributed by atoms with Crippen LogP contribution >= 0.6 is 0 Å². The number of fused-ring (bicyclic) bond motifs is 2. The van der Waals surface area contributed by atoms with Gasteiger partial charge in [0.1, 0.15) is 17.4 Å². The van der Waals surface area contributed by atoms with Gasteiger partial charge in [0.05, 0.1) is 17.2 Å². The predicted octanol–water partition coefficient (Wildman–Crippen LogP) is 3.31. The molecule has 0 aliphatic carbocycles. The van der Waals surface area contributed by atoms with E-state index < -0.39 is 11.8 Å². The van der Waals surface area contributed by atoms with Gasteiger partial charge in [0.15, 0.2) is 6.61 Å². The number of nitrogens with one attached hydrogen (secondary N) is 1. The van der Waals surface area contributed by atoms with Gasteiger partial charge >= 0.3 is 0 Å². The molecule has 1 aliphatic rings. The molecule has 0 saturated carbocycles. The van der Waals surface area contributed by atoms with Gasteiger partial charge < -0.3 is 20.9 Å². The van der Waals surface area contributed by atoms with Crippen LogP contribution in [0.1, 0.15) is 17.0 Å². The maximum atomic E-state index is 11.0. The molecule has 0 fully saturated rings. The molecule has 2 heterocycles. The zero-order chi connectivity index (χ0) is 22.9. The Kier molecular flexibility index (Phi) is 4.92. The smallest absolute Gasteiger partial charge is 0.255 e. The fourth-order valence-electron chi connectivity index (χ4n) is 4.05. The van der Waals surface area contributed by atoms with Crippen molar-refractivity contribution in [3.63, 3.8) is 0 Å². The van der Waals surface area contributed by atoms with E-state index in [0.29, 0.717) is 11.6 Å². The number of rotatable bonds is 5. The molecular formula is C25H19N5O3. The molecule has 1 amide bonds. The van der Waals surface area contributed by atoms with Gasteiger partial charge in [-0.25, -0.2) is 0 Å². The van der Waals surface area contributed by atoms with Gasteiger partial charge in [-0.2, -0.15) is 5.26 Å². The summed E-state index contributed by atoms with van der Waals surface area (Å²) in [5.41, 5.74) is 14.7. The number of hydrogen-bond acceptors (Lipinski definition) is 6. The molecule has 5 rings (SSSR count). The molecule has 8 heteroatoms. The highest BCUT2D eigenvalue weighted by molar-refractivity contribution is 5.87. The Balaban J connectivity index is 1.61. The van der Waals surface area contributed by atoms with Crippen molar-refractivity contribution in [2.45, 2.75) is 5.92 Å². The third-order valence-corrected chi connectivity index (χ3v) is 5.57. The van der Waals surface area contributed by atoms with E-state index in [1.54, 1.807) is 12.1 Å². The van der Waals surface area contributed by atoms with Gasteiger partial charge in [0.2, 0.25) is 11.8 Å². The van der Waals surface area contributed by atoms with E-state index in [2.05, 4.69) is 22.3 Å². The molecular weight excluding hydrogens is 418 g/mol. The Bertz CT molecular complexity index is 1450. The molecule has 0 unspecified atom stereocenters. The maximum absolute atomic E-state index is 11.0. The summed E-state index contributed by atoms with van der Waals surface area (Å²) in [6.45, 7) is -0.217. The second-order valence-corrected chi connectivity index (χ2v) is 7.63. The first-order chi connectivity index (χ1) is 16.0. The molecule has 0 saturated heterocycles. The minimum atomic E-state index is -0.561. The molecule has 1 aliphatic heterocycles. The lowest BCUT2D eigenvalue weighted by Gasteiger charge is -2.24. The number of nitrogens with zero attached hydrogens (tertiary/aromatic N) is 2. The Hall–Kier alpha value is -4.77. The van der Waals surface area contributed by atoms with Crippen LogP contribution in [0.2, 0.25) is 0 Å². The van der Waals surface area contributed by atoms with E-state index in [1.807, 2.05) is 48.5 Å². The van der Waals surface area contributed by atoms with Crippen LogP contribution in [0.25, 0.3) is 22.0 Å². The van der Waals surface area contributed by atoms with E-state index in [-0.39, 0.29) is 18.1 Å². The Morgan fingerprint density at radius 2 is 1.88 bits per heavy atom. The van der Waals surface area contributed by atoms with E-state index in [9.17, 15) is 10.1 Å². The zero-order valence-corrected chi connectivity index (χ0v) is 17.4. The van der Waals surface area contributed by atoms with Crippen LogP contribution in [-0.4, -0.2) is 22.7 Å². The van der Waals surface area contributed by atoms with Gasteiger partial charge in [-0.05, 0) is 34.5 Å². The number of benzene rings is 3. The van der Waals surface area contributed by atoms with Crippen LogP contribution < -0.4 is 20.9 Å². The van der Waals surface area contributed by atoms with Crippen LogP contribution in [0.5, 0.6) is 11.6 Å². The molecule has 8 nitrogen and oxygen atoms in total. The summed E-state index contributed by atoms with van der Waals surface area (Å²) in [4.78, 5) is 11.0. The van der Waals surface area contributed by atoms with Crippen LogP contribution in [0.3, 0.4) is 0 Å². The summed E-state index contributed by atoms with van der Waals surface area (Å²) in [6, 6.07) is 23.4. The van der Waals surface area contributed by atoms with E-state index >= 15 is 0 Å². The van der Waals surface area contributed by atoms with Crippen molar-refractivity contribution >= 4 is 16.7 Å². The van der Waals surface area contributed by atoms with Crippen molar-refractivity contribution in [1.82, 2.24) is 10.2 Å². The third kappa shape index (κ3) is 3.62. The molecule has 1 atom stereocenters. The molecule has 33 heavy (non-hydrogen) atoms. The Morgan fingerprint density at radius 1 is 1.12 bits per heavy atom. The van der Waals surface area contributed by atoms with Gasteiger partial charge in [0, 0.05) is 5.56 Å². The molecule has 0 spiro atoms. The number of ether oxygens (including phenoxy) is 2. The summed E-state index contributed by atoms with van der Waals surface area (Å²) >= 11 is 0. The van der Waals surface area contributed by atoms with Gasteiger partial charge in [-0.15, -0.1) is 5.10 Å². The van der Waals surface area contributed by atoms with Crippen molar-refractivity contribution < 1.29 is 14.3 Å². The summed E-state index contributed by atoms with van der Waals surface area (Å²) in [5.74, 6) is -0.227. The minimum Gasteiger partial charge on any atom is -0.484 e. The first-order valence-electron chi connectivity index (χ1n) is 10.2. The normalized spacial score (nSPS) is 14.9. The van der Waals surface area contributed by atoms with Gasteiger partial charge in [0.25, 0.3) is 5.91 Å². The first-order valence-corrected chi connectivity index (χ1v) is 10.2. The Labute approximate surface area is 189 Å². The zero-order valence-electron chi connectivity index (χ0n) is 17.4. The largest absolute Gasteiger partial charge is 0.484 e. The van der Waals surface area contributed by atoms with Crippen molar-refractivity contribution in [2.75, 3.05) is 6.61 Å². The number of carbonyl (C=O) groups is 1. The number of hydrogen-bond donors (Lipinski definition) is 3. The molecule has 0 radical (unpaired) electrons. The molecule has 1 aromatic heterocycles. The number of aromatic amines is 1.